The number of hydrogen-bond donors (Lipinski definition) is 2. The van der Waals surface area contributed by atoms with E-state index in [9.17, 15) is 0 Å². The van der Waals surface area contributed by atoms with Crippen molar-refractivity contribution in [2.45, 2.75) is 33.2 Å². The van der Waals surface area contributed by atoms with E-state index in [1.165, 1.54) is 4.88 Å². The topological polar surface area (TPSA) is 72.0 Å². The minimum atomic E-state index is 0.140. The van der Waals surface area contributed by atoms with Crippen LogP contribution in [0.1, 0.15) is 38.1 Å². The van der Waals surface area contributed by atoms with E-state index in [4.69, 9.17) is 4.74 Å². The molecule has 1 unspecified atom stereocenters. The van der Waals surface area contributed by atoms with Gasteiger partial charge in [0.25, 0.3) is 0 Å². The first-order chi connectivity index (χ1) is 10.2. The van der Waals surface area contributed by atoms with Crippen LogP contribution in [0.15, 0.2) is 17.5 Å². The lowest BCUT2D eigenvalue weighted by Gasteiger charge is -2.14. The van der Waals surface area contributed by atoms with Crippen molar-refractivity contribution in [3.8, 4) is 6.01 Å². The first-order valence-corrected chi connectivity index (χ1v) is 8.03. The van der Waals surface area contributed by atoms with E-state index in [1.54, 1.807) is 11.3 Å². The van der Waals surface area contributed by atoms with Crippen molar-refractivity contribution >= 4 is 23.2 Å². The van der Waals surface area contributed by atoms with Crippen LogP contribution in [-0.2, 0) is 0 Å². The van der Waals surface area contributed by atoms with Gasteiger partial charge in [0.15, 0.2) is 0 Å². The molecule has 0 aromatic carbocycles. The molecule has 0 radical (unpaired) electrons. The van der Waals surface area contributed by atoms with E-state index in [2.05, 4.69) is 50.9 Å². The van der Waals surface area contributed by atoms with Crippen LogP contribution in [0.5, 0.6) is 6.01 Å². The molecule has 2 aromatic heterocycles. The molecule has 7 heteroatoms. The van der Waals surface area contributed by atoms with E-state index in [0.717, 1.165) is 13.0 Å². The lowest BCUT2D eigenvalue weighted by molar-refractivity contribution is 0.312. The molecular formula is C14H21N5OS. The minimum absolute atomic E-state index is 0.140. The SMILES string of the molecule is CCCNc1nc(NC(C)c2cccs2)nc(OCC)n1. The highest BCUT2D eigenvalue weighted by atomic mass is 32.1. The monoisotopic (exact) mass is 307 g/mol. The van der Waals surface area contributed by atoms with E-state index >= 15 is 0 Å². The molecule has 114 valence electrons. The third-order valence-corrected chi connectivity index (χ3v) is 3.79. The molecule has 0 aliphatic rings. The Bertz CT molecular complexity index is 546. The molecule has 2 aromatic rings. The van der Waals surface area contributed by atoms with Crippen LogP contribution in [0.25, 0.3) is 0 Å². The zero-order valence-corrected chi connectivity index (χ0v) is 13.4. The van der Waals surface area contributed by atoms with Crippen LogP contribution in [0.4, 0.5) is 11.9 Å². The molecular weight excluding hydrogens is 286 g/mol. The number of hydrogen-bond acceptors (Lipinski definition) is 7. The Labute approximate surface area is 129 Å². The van der Waals surface area contributed by atoms with Crippen molar-refractivity contribution in [2.24, 2.45) is 0 Å². The molecule has 1 atom stereocenters. The third kappa shape index (κ3) is 4.56. The van der Waals surface area contributed by atoms with Crippen molar-refractivity contribution < 1.29 is 4.74 Å². The summed E-state index contributed by atoms with van der Waals surface area (Å²) in [6.45, 7) is 7.42. The Hall–Kier alpha value is -1.89. The molecule has 0 amide bonds. The highest BCUT2D eigenvalue weighted by Crippen LogP contribution is 2.22. The smallest absolute Gasteiger partial charge is 0.323 e. The number of nitrogens with one attached hydrogen (secondary N) is 2. The molecule has 2 heterocycles. The van der Waals surface area contributed by atoms with Crippen LogP contribution in [0.3, 0.4) is 0 Å². The van der Waals surface area contributed by atoms with Crippen molar-refractivity contribution in [2.75, 3.05) is 23.8 Å². The molecule has 0 fully saturated rings. The lowest BCUT2D eigenvalue weighted by atomic mass is 10.3. The maximum absolute atomic E-state index is 5.40. The summed E-state index contributed by atoms with van der Waals surface area (Å²) in [6, 6.07) is 4.60. The predicted octanol–water partition coefficient (Wildman–Crippen LogP) is 3.33. The summed E-state index contributed by atoms with van der Waals surface area (Å²) in [7, 11) is 0. The number of ether oxygens (including phenoxy) is 1. The highest BCUT2D eigenvalue weighted by molar-refractivity contribution is 7.10. The van der Waals surface area contributed by atoms with Crippen molar-refractivity contribution in [3.63, 3.8) is 0 Å². The van der Waals surface area contributed by atoms with Gasteiger partial charge >= 0.3 is 6.01 Å². The van der Waals surface area contributed by atoms with Gasteiger partial charge in [0.2, 0.25) is 11.9 Å². The normalized spacial score (nSPS) is 12.0. The molecule has 0 aliphatic heterocycles. The van der Waals surface area contributed by atoms with Crippen LogP contribution < -0.4 is 15.4 Å². The van der Waals surface area contributed by atoms with E-state index in [-0.39, 0.29) is 6.04 Å². The molecule has 2 N–H and O–H groups in total. The van der Waals surface area contributed by atoms with Gasteiger partial charge in [-0.15, -0.1) is 11.3 Å². The summed E-state index contributed by atoms with van der Waals surface area (Å²) in [4.78, 5) is 14.1. The summed E-state index contributed by atoms with van der Waals surface area (Å²) in [6.07, 6.45) is 1.00. The van der Waals surface area contributed by atoms with Gasteiger partial charge in [-0.25, -0.2) is 0 Å². The molecule has 0 aliphatic carbocycles. The molecule has 0 spiro atoms. The van der Waals surface area contributed by atoms with Crippen LogP contribution in [-0.4, -0.2) is 28.1 Å². The van der Waals surface area contributed by atoms with Crippen LogP contribution >= 0.6 is 11.3 Å². The zero-order valence-electron chi connectivity index (χ0n) is 12.6. The van der Waals surface area contributed by atoms with E-state index in [0.29, 0.717) is 24.5 Å². The van der Waals surface area contributed by atoms with Crippen molar-refractivity contribution in [1.29, 1.82) is 0 Å². The molecule has 6 nitrogen and oxygen atoms in total. The molecule has 0 bridgehead atoms. The van der Waals surface area contributed by atoms with Crippen LogP contribution in [0.2, 0.25) is 0 Å². The number of anilines is 2. The van der Waals surface area contributed by atoms with Gasteiger partial charge in [-0.05, 0) is 31.7 Å². The first kappa shape index (κ1) is 15.5. The largest absolute Gasteiger partial charge is 0.464 e. The van der Waals surface area contributed by atoms with Crippen molar-refractivity contribution in [3.05, 3.63) is 22.4 Å². The summed E-state index contributed by atoms with van der Waals surface area (Å²) >= 11 is 1.70. The summed E-state index contributed by atoms with van der Waals surface area (Å²) in [5, 5.41) is 8.51. The Morgan fingerprint density at radius 1 is 1.24 bits per heavy atom. The Morgan fingerprint density at radius 2 is 2.05 bits per heavy atom. The predicted molar refractivity (Wildman–Crippen MR) is 86.1 cm³/mol. The van der Waals surface area contributed by atoms with Gasteiger partial charge in [0.05, 0.1) is 12.6 Å². The van der Waals surface area contributed by atoms with Crippen LogP contribution in [0, 0.1) is 0 Å². The Morgan fingerprint density at radius 3 is 2.71 bits per heavy atom. The molecule has 0 saturated carbocycles. The molecule has 0 saturated heterocycles. The van der Waals surface area contributed by atoms with E-state index < -0.39 is 0 Å². The Balaban J connectivity index is 2.14. The van der Waals surface area contributed by atoms with Gasteiger partial charge in [-0.1, -0.05) is 13.0 Å². The fourth-order valence-electron chi connectivity index (χ4n) is 1.73. The van der Waals surface area contributed by atoms with Gasteiger partial charge < -0.3 is 15.4 Å². The maximum Gasteiger partial charge on any atom is 0.323 e. The number of thiophene rings is 1. The second-order valence-electron chi connectivity index (χ2n) is 4.51. The number of nitrogens with zero attached hydrogens (tertiary/aromatic N) is 3. The van der Waals surface area contributed by atoms with Gasteiger partial charge in [-0.3, -0.25) is 0 Å². The third-order valence-electron chi connectivity index (χ3n) is 2.74. The molecule has 21 heavy (non-hydrogen) atoms. The maximum atomic E-state index is 5.40. The second-order valence-corrected chi connectivity index (χ2v) is 5.49. The lowest BCUT2D eigenvalue weighted by Crippen LogP contribution is -2.13. The quantitative estimate of drug-likeness (QED) is 0.779. The average molecular weight is 307 g/mol. The summed E-state index contributed by atoms with van der Waals surface area (Å²) < 4.78 is 5.40. The number of rotatable bonds is 8. The van der Waals surface area contributed by atoms with Crippen molar-refractivity contribution in [1.82, 2.24) is 15.0 Å². The summed E-state index contributed by atoms with van der Waals surface area (Å²) in [5.74, 6) is 1.06. The first-order valence-electron chi connectivity index (χ1n) is 7.15. The summed E-state index contributed by atoms with van der Waals surface area (Å²) in [5.41, 5.74) is 0. The second kappa shape index (κ2) is 7.78. The number of aromatic nitrogens is 3. The van der Waals surface area contributed by atoms with Gasteiger partial charge in [-0.2, -0.15) is 15.0 Å². The molecule has 2 rings (SSSR count). The van der Waals surface area contributed by atoms with E-state index in [1.807, 2.05) is 13.0 Å². The highest BCUT2D eigenvalue weighted by Gasteiger charge is 2.11. The average Bonchev–Trinajstić information content (AvgIpc) is 2.99. The van der Waals surface area contributed by atoms with Gasteiger partial charge in [0, 0.05) is 11.4 Å². The fraction of sp³-hybridized carbons (Fsp3) is 0.500. The van der Waals surface area contributed by atoms with Gasteiger partial charge in [0.1, 0.15) is 0 Å². The fourth-order valence-corrected chi connectivity index (χ4v) is 2.47. The standard InChI is InChI=1S/C14H21N5OS/c1-4-8-15-12-17-13(19-14(18-12)20-5-2)16-10(3)11-7-6-9-21-11/h6-7,9-10H,4-5,8H2,1-3H3,(H2,15,16,17,18,19). The minimum Gasteiger partial charge on any atom is -0.464 e. The Kier molecular flexibility index (Phi) is 5.74. The zero-order chi connectivity index (χ0) is 15.1.